The van der Waals surface area contributed by atoms with Crippen LogP contribution < -0.4 is 10.6 Å². The van der Waals surface area contributed by atoms with Crippen LogP contribution in [0.3, 0.4) is 0 Å². The van der Waals surface area contributed by atoms with Gasteiger partial charge in [-0.2, -0.15) is 0 Å². The van der Waals surface area contributed by atoms with E-state index >= 15 is 0 Å². The lowest BCUT2D eigenvalue weighted by atomic mass is 9.90. The van der Waals surface area contributed by atoms with Crippen molar-refractivity contribution >= 4 is 39.0 Å². The number of halogens is 2. The molecule has 2 N–H and O–H groups in total. The van der Waals surface area contributed by atoms with Gasteiger partial charge in [0, 0.05) is 32.6 Å². The highest BCUT2D eigenvalue weighted by Crippen LogP contribution is 2.25. The standard InChI is InChI=1S/C15H26Cl2N4O2S/c1-15(2,6-7-24(5,22)23)10-20-14(18-3)19-9-11-8-12(16)13(17)21(11)4/h8H,6-7,9-10H2,1-5H3,(H2,18,19,20). The first-order valence-corrected chi connectivity index (χ1v) is 10.4. The first-order valence-electron chi connectivity index (χ1n) is 7.57. The molecule has 0 saturated carbocycles. The van der Waals surface area contributed by atoms with Gasteiger partial charge in [0.25, 0.3) is 0 Å². The van der Waals surface area contributed by atoms with E-state index in [1.54, 1.807) is 17.7 Å². The van der Waals surface area contributed by atoms with Gasteiger partial charge in [0.15, 0.2) is 5.96 Å². The minimum atomic E-state index is -2.96. The summed E-state index contributed by atoms with van der Waals surface area (Å²) >= 11 is 12.0. The van der Waals surface area contributed by atoms with Crippen molar-refractivity contribution in [3.63, 3.8) is 0 Å². The van der Waals surface area contributed by atoms with Gasteiger partial charge >= 0.3 is 0 Å². The third kappa shape index (κ3) is 6.91. The average molecular weight is 397 g/mol. The predicted octanol–water partition coefficient (Wildman–Crippen LogP) is 2.46. The lowest BCUT2D eigenvalue weighted by Crippen LogP contribution is -2.42. The van der Waals surface area contributed by atoms with Crippen LogP contribution in [0.25, 0.3) is 0 Å². The second-order valence-electron chi connectivity index (χ2n) is 6.66. The Hall–Kier alpha value is -0.920. The minimum Gasteiger partial charge on any atom is -0.356 e. The van der Waals surface area contributed by atoms with E-state index in [1.165, 1.54) is 6.26 Å². The van der Waals surface area contributed by atoms with Crippen LogP contribution in [0.5, 0.6) is 0 Å². The maximum atomic E-state index is 11.3. The Kier molecular flexibility index (Phi) is 7.44. The molecule has 0 amide bonds. The van der Waals surface area contributed by atoms with Crippen molar-refractivity contribution in [2.75, 3.05) is 25.6 Å². The van der Waals surface area contributed by atoms with Crippen LogP contribution in [0, 0.1) is 5.41 Å². The first-order chi connectivity index (χ1) is 10.9. The van der Waals surface area contributed by atoms with E-state index in [9.17, 15) is 8.42 Å². The molecule has 0 unspecified atom stereocenters. The summed E-state index contributed by atoms with van der Waals surface area (Å²) in [5.41, 5.74) is 0.766. The molecule has 1 aromatic rings. The highest BCUT2D eigenvalue weighted by atomic mass is 35.5. The summed E-state index contributed by atoms with van der Waals surface area (Å²) in [6, 6.07) is 1.81. The molecule has 0 radical (unpaired) electrons. The van der Waals surface area contributed by atoms with Gasteiger partial charge in [-0.1, -0.05) is 37.0 Å². The molecule has 0 bridgehead atoms. The van der Waals surface area contributed by atoms with Crippen molar-refractivity contribution in [2.24, 2.45) is 17.5 Å². The fourth-order valence-corrected chi connectivity index (χ4v) is 3.37. The summed E-state index contributed by atoms with van der Waals surface area (Å²) in [6.07, 6.45) is 1.84. The maximum Gasteiger partial charge on any atom is 0.191 e. The fraction of sp³-hybridized carbons (Fsp3) is 0.667. The van der Waals surface area contributed by atoms with Gasteiger partial charge in [0.05, 0.1) is 17.3 Å². The normalized spacial score (nSPS) is 13.2. The van der Waals surface area contributed by atoms with Crippen LogP contribution in [-0.2, 0) is 23.4 Å². The molecule has 0 aliphatic rings. The maximum absolute atomic E-state index is 11.3. The summed E-state index contributed by atoms with van der Waals surface area (Å²) in [6.45, 7) is 5.17. The molecule has 0 atom stereocenters. The van der Waals surface area contributed by atoms with E-state index in [1.807, 2.05) is 20.9 Å². The Morgan fingerprint density at radius 1 is 1.33 bits per heavy atom. The first kappa shape index (κ1) is 21.1. The Labute approximate surface area is 154 Å². The third-order valence-electron chi connectivity index (χ3n) is 3.76. The van der Waals surface area contributed by atoms with E-state index in [-0.39, 0.29) is 11.2 Å². The van der Waals surface area contributed by atoms with E-state index in [0.29, 0.717) is 35.6 Å². The molecule has 0 saturated heterocycles. The minimum absolute atomic E-state index is 0.168. The van der Waals surface area contributed by atoms with Gasteiger partial charge in [-0.05, 0) is 17.9 Å². The number of nitrogens with zero attached hydrogens (tertiary/aromatic N) is 2. The van der Waals surface area contributed by atoms with Gasteiger partial charge in [0.1, 0.15) is 15.0 Å². The van der Waals surface area contributed by atoms with Crippen LogP contribution >= 0.6 is 23.2 Å². The average Bonchev–Trinajstić information content (AvgIpc) is 2.72. The molecular weight excluding hydrogens is 371 g/mol. The van der Waals surface area contributed by atoms with Gasteiger partial charge in [-0.15, -0.1) is 0 Å². The third-order valence-corrected chi connectivity index (χ3v) is 5.55. The molecule has 0 spiro atoms. The quantitative estimate of drug-likeness (QED) is 0.548. The summed E-state index contributed by atoms with van der Waals surface area (Å²) in [7, 11) is 0.572. The van der Waals surface area contributed by atoms with Crippen LogP contribution in [0.1, 0.15) is 26.0 Å². The molecular formula is C15H26Cl2N4O2S. The lowest BCUT2D eigenvalue weighted by molar-refractivity contribution is 0.348. The van der Waals surface area contributed by atoms with E-state index < -0.39 is 9.84 Å². The largest absolute Gasteiger partial charge is 0.356 e. The van der Waals surface area contributed by atoms with Crippen molar-refractivity contribution in [1.82, 2.24) is 15.2 Å². The zero-order valence-electron chi connectivity index (χ0n) is 14.8. The number of hydrogen-bond donors (Lipinski definition) is 2. The highest BCUT2D eigenvalue weighted by Gasteiger charge is 2.20. The monoisotopic (exact) mass is 396 g/mol. The summed E-state index contributed by atoms with van der Waals surface area (Å²) in [4.78, 5) is 4.17. The number of guanidine groups is 1. The molecule has 1 rings (SSSR count). The second-order valence-corrected chi connectivity index (χ2v) is 9.68. The van der Waals surface area contributed by atoms with Gasteiger partial charge in [0.2, 0.25) is 0 Å². The molecule has 0 aliphatic heterocycles. The highest BCUT2D eigenvalue weighted by molar-refractivity contribution is 7.90. The SMILES string of the molecule is CN=C(NCc1cc(Cl)c(Cl)n1C)NCC(C)(C)CCS(C)(=O)=O. The summed E-state index contributed by atoms with van der Waals surface area (Å²) < 4.78 is 24.4. The van der Waals surface area contributed by atoms with Crippen LogP contribution in [-0.4, -0.2) is 44.5 Å². The molecule has 1 heterocycles. The summed E-state index contributed by atoms with van der Waals surface area (Å²) in [5.74, 6) is 0.810. The molecule has 138 valence electrons. The number of aromatic nitrogens is 1. The zero-order chi connectivity index (χ0) is 18.5. The second kappa shape index (κ2) is 8.45. The van der Waals surface area contributed by atoms with Gasteiger partial charge in [-0.25, -0.2) is 8.42 Å². The number of rotatable bonds is 7. The lowest BCUT2D eigenvalue weighted by Gasteiger charge is -2.25. The zero-order valence-corrected chi connectivity index (χ0v) is 17.1. The number of aliphatic imine (C=N–C) groups is 1. The molecule has 1 aromatic heterocycles. The van der Waals surface area contributed by atoms with Crippen molar-refractivity contribution in [2.45, 2.75) is 26.8 Å². The van der Waals surface area contributed by atoms with Gasteiger partial charge < -0.3 is 15.2 Å². The Bertz CT molecular complexity index is 697. The van der Waals surface area contributed by atoms with E-state index in [4.69, 9.17) is 23.2 Å². The number of sulfone groups is 1. The van der Waals surface area contributed by atoms with E-state index in [2.05, 4.69) is 15.6 Å². The summed E-state index contributed by atoms with van der Waals surface area (Å²) in [5, 5.41) is 7.43. The number of nitrogens with one attached hydrogen (secondary N) is 2. The topological polar surface area (TPSA) is 75.5 Å². The number of hydrogen-bond acceptors (Lipinski definition) is 3. The Morgan fingerprint density at radius 3 is 2.42 bits per heavy atom. The predicted molar refractivity (Wildman–Crippen MR) is 102 cm³/mol. The van der Waals surface area contributed by atoms with Gasteiger partial charge in [-0.3, -0.25) is 4.99 Å². The van der Waals surface area contributed by atoms with Crippen molar-refractivity contribution < 1.29 is 8.42 Å². The molecule has 6 nitrogen and oxygen atoms in total. The Morgan fingerprint density at radius 2 is 1.96 bits per heavy atom. The molecule has 0 fully saturated rings. The molecule has 0 aliphatic carbocycles. The van der Waals surface area contributed by atoms with Crippen molar-refractivity contribution in [3.05, 3.63) is 21.9 Å². The molecule has 9 heteroatoms. The molecule has 0 aromatic carbocycles. The van der Waals surface area contributed by atoms with E-state index in [0.717, 1.165) is 5.69 Å². The fourth-order valence-electron chi connectivity index (χ4n) is 2.03. The van der Waals surface area contributed by atoms with Crippen molar-refractivity contribution in [1.29, 1.82) is 0 Å². The van der Waals surface area contributed by atoms with Crippen molar-refractivity contribution in [3.8, 4) is 0 Å². The Balaban J connectivity index is 2.54. The molecule has 24 heavy (non-hydrogen) atoms. The van der Waals surface area contributed by atoms with Crippen LogP contribution in [0.15, 0.2) is 11.1 Å². The smallest absolute Gasteiger partial charge is 0.191 e. The van der Waals surface area contributed by atoms with Crippen LogP contribution in [0.4, 0.5) is 0 Å². The van der Waals surface area contributed by atoms with Crippen LogP contribution in [0.2, 0.25) is 10.2 Å².